The van der Waals surface area contributed by atoms with Gasteiger partial charge in [-0.2, -0.15) is 0 Å². The van der Waals surface area contributed by atoms with Crippen LogP contribution < -0.4 is 4.74 Å². The number of aromatic amines is 1. The van der Waals surface area contributed by atoms with E-state index in [0.717, 1.165) is 16.5 Å². The Morgan fingerprint density at radius 1 is 1.06 bits per heavy atom. The lowest BCUT2D eigenvalue weighted by atomic mass is 9.95. The number of hydrogen-bond donors (Lipinski definition) is 2. The number of nitrogens with one attached hydrogen (secondary N) is 1. The lowest BCUT2D eigenvalue weighted by Crippen LogP contribution is -2.31. The minimum Gasteiger partial charge on any atom is -0.507 e. The number of amides is 1. The molecule has 35 heavy (non-hydrogen) atoms. The summed E-state index contributed by atoms with van der Waals surface area (Å²) in [5.41, 5.74) is 2.87. The molecule has 3 aromatic carbocycles. The molecule has 1 aromatic heterocycles. The number of ketones is 1. The van der Waals surface area contributed by atoms with Gasteiger partial charge in [-0.15, -0.1) is 0 Å². The van der Waals surface area contributed by atoms with Crippen LogP contribution in [0, 0.1) is 5.82 Å². The van der Waals surface area contributed by atoms with Crippen molar-refractivity contribution in [3.8, 4) is 5.75 Å². The van der Waals surface area contributed by atoms with E-state index >= 15 is 0 Å². The zero-order valence-electron chi connectivity index (χ0n) is 19.0. The predicted molar refractivity (Wildman–Crippen MR) is 130 cm³/mol. The summed E-state index contributed by atoms with van der Waals surface area (Å²) in [4.78, 5) is 31.1. The molecule has 2 N–H and O–H groups in total. The molecule has 0 spiro atoms. The van der Waals surface area contributed by atoms with Crippen molar-refractivity contribution in [3.63, 3.8) is 0 Å². The fraction of sp³-hybridized carbons (Fsp3) is 0.143. The van der Waals surface area contributed by atoms with Gasteiger partial charge >= 0.3 is 0 Å². The van der Waals surface area contributed by atoms with Crippen LogP contribution in [0.3, 0.4) is 0 Å². The van der Waals surface area contributed by atoms with Crippen molar-refractivity contribution in [2.75, 3.05) is 13.7 Å². The minimum absolute atomic E-state index is 0.0335. The fourth-order valence-electron chi connectivity index (χ4n) is 4.61. The number of carbonyl (C=O) groups is 2. The molecule has 1 amide bonds. The van der Waals surface area contributed by atoms with Crippen LogP contribution in [0.1, 0.15) is 22.7 Å². The molecule has 1 unspecified atom stereocenters. The Labute approximate surface area is 201 Å². The fourth-order valence-corrected chi connectivity index (χ4v) is 4.61. The number of Topliss-reactive ketones (excluding diaryl/α,β-unsaturated/α-hetero) is 1. The summed E-state index contributed by atoms with van der Waals surface area (Å²) in [7, 11) is 1.53. The van der Waals surface area contributed by atoms with Crippen molar-refractivity contribution in [2.45, 2.75) is 12.5 Å². The number of para-hydroxylation sites is 1. The molecule has 1 fully saturated rings. The Kier molecular flexibility index (Phi) is 5.82. The van der Waals surface area contributed by atoms with Crippen molar-refractivity contribution >= 4 is 28.4 Å². The Hall–Kier alpha value is -4.39. The first-order valence-electron chi connectivity index (χ1n) is 11.2. The third-order valence-electron chi connectivity index (χ3n) is 6.36. The number of hydrogen-bond acceptors (Lipinski definition) is 4. The summed E-state index contributed by atoms with van der Waals surface area (Å²) in [6.07, 6.45) is 2.41. The van der Waals surface area contributed by atoms with E-state index in [0.29, 0.717) is 17.7 Å². The highest BCUT2D eigenvalue weighted by Gasteiger charge is 2.46. The second-order valence-electron chi connectivity index (χ2n) is 8.39. The van der Waals surface area contributed by atoms with Gasteiger partial charge in [0.05, 0.1) is 18.7 Å². The lowest BCUT2D eigenvalue weighted by Gasteiger charge is -2.25. The summed E-state index contributed by atoms with van der Waals surface area (Å²) in [6, 6.07) is 19.3. The Bertz CT molecular complexity index is 1460. The Balaban J connectivity index is 1.58. The number of ether oxygens (including phenoxy) is 1. The second-order valence-corrected chi connectivity index (χ2v) is 8.39. The van der Waals surface area contributed by atoms with Gasteiger partial charge in [-0.25, -0.2) is 4.39 Å². The average molecular weight is 471 g/mol. The number of fused-ring (bicyclic) bond motifs is 1. The number of aliphatic hydroxyl groups is 1. The first-order chi connectivity index (χ1) is 17.0. The van der Waals surface area contributed by atoms with Crippen LogP contribution in [0.25, 0.3) is 16.7 Å². The van der Waals surface area contributed by atoms with E-state index in [1.165, 1.54) is 36.3 Å². The lowest BCUT2D eigenvalue weighted by molar-refractivity contribution is -0.139. The molecule has 0 bridgehead atoms. The molecule has 1 aliphatic heterocycles. The number of rotatable bonds is 6. The maximum atomic E-state index is 13.5. The van der Waals surface area contributed by atoms with Crippen LogP contribution in [0.15, 0.2) is 84.6 Å². The van der Waals surface area contributed by atoms with E-state index in [-0.39, 0.29) is 23.4 Å². The summed E-state index contributed by atoms with van der Waals surface area (Å²) in [5, 5.41) is 12.1. The predicted octanol–water partition coefficient (Wildman–Crippen LogP) is 4.98. The standard InChI is InChI=1S/C28H23FN2O4/c1-35-21-6-4-5-18(15-21)25-24(26(32)17-9-11-20(29)12-10-17)27(33)28(34)31(25)14-13-19-16-30-23-8-3-2-7-22(19)23/h2-12,15-16,25,30,32H,13-14H2,1H3/b26-24-. The van der Waals surface area contributed by atoms with Crippen molar-refractivity contribution < 1.29 is 23.8 Å². The molecule has 5 rings (SSSR count). The molecule has 6 nitrogen and oxygen atoms in total. The number of benzene rings is 3. The molecule has 1 saturated heterocycles. The quantitative estimate of drug-likeness (QED) is 0.237. The highest BCUT2D eigenvalue weighted by Crippen LogP contribution is 2.40. The third kappa shape index (κ3) is 4.05. The van der Waals surface area contributed by atoms with Gasteiger partial charge in [-0.3, -0.25) is 9.59 Å². The van der Waals surface area contributed by atoms with E-state index in [1.807, 2.05) is 30.5 Å². The maximum absolute atomic E-state index is 13.5. The average Bonchev–Trinajstić information content (AvgIpc) is 3.41. The number of halogens is 1. The number of nitrogens with zero attached hydrogens (tertiary/aromatic N) is 1. The van der Waals surface area contributed by atoms with Crippen LogP contribution in [-0.4, -0.2) is 40.3 Å². The van der Waals surface area contributed by atoms with Crippen LogP contribution in [0.5, 0.6) is 5.75 Å². The molecular weight excluding hydrogens is 447 g/mol. The van der Waals surface area contributed by atoms with Crippen molar-refractivity contribution in [1.82, 2.24) is 9.88 Å². The highest BCUT2D eigenvalue weighted by atomic mass is 19.1. The zero-order valence-corrected chi connectivity index (χ0v) is 19.0. The molecule has 176 valence electrons. The van der Waals surface area contributed by atoms with Crippen molar-refractivity contribution in [3.05, 3.63) is 107 Å². The number of aliphatic hydroxyl groups excluding tert-OH is 1. The maximum Gasteiger partial charge on any atom is 0.295 e. The van der Waals surface area contributed by atoms with Crippen molar-refractivity contribution in [2.24, 2.45) is 0 Å². The second kappa shape index (κ2) is 9.10. The van der Waals surface area contributed by atoms with Crippen LogP contribution >= 0.6 is 0 Å². The molecule has 2 heterocycles. The van der Waals surface area contributed by atoms with Gasteiger partial charge in [0, 0.05) is 29.2 Å². The van der Waals surface area contributed by atoms with Gasteiger partial charge < -0.3 is 19.7 Å². The zero-order chi connectivity index (χ0) is 24.5. The number of likely N-dealkylation sites (tertiary alicyclic amines) is 1. The molecule has 7 heteroatoms. The van der Waals surface area contributed by atoms with Gasteiger partial charge in [0.2, 0.25) is 0 Å². The highest BCUT2D eigenvalue weighted by molar-refractivity contribution is 6.46. The van der Waals surface area contributed by atoms with Crippen LogP contribution in [-0.2, 0) is 16.0 Å². The van der Waals surface area contributed by atoms with E-state index in [1.54, 1.807) is 24.3 Å². The number of H-pyrrole nitrogens is 1. The number of carbonyl (C=O) groups excluding carboxylic acids is 2. The normalized spacial score (nSPS) is 17.3. The summed E-state index contributed by atoms with van der Waals surface area (Å²) >= 11 is 0. The van der Waals surface area contributed by atoms with E-state index < -0.39 is 23.5 Å². The topological polar surface area (TPSA) is 82.6 Å². The summed E-state index contributed by atoms with van der Waals surface area (Å²) < 4.78 is 18.8. The third-order valence-corrected chi connectivity index (χ3v) is 6.36. The van der Waals surface area contributed by atoms with E-state index in [2.05, 4.69) is 4.98 Å². The van der Waals surface area contributed by atoms with Crippen LogP contribution in [0.4, 0.5) is 4.39 Å². The minimum atomic E-state index is -0.819. The smallest absolute Gasteiger partial charge is 0.295 e. The Morgan fingerprint density at radius 2 is 1.83 bits per heavy atom. The number of aromatic nitrogens is 1. The molecule has 0 saturated carbocycles. The molecule has 0 radical (unpaired) electrons. The van der Waals surface area contributed by atoms with E-state index in [4.69, 9.17) is 4.74 Å². The first-order valence-corrected chi connectivity index (χ1v) is 11.2. The molecule has 0 aliphatic carbocycles. The summed E-state index contributed by atoms with van der Waals surface area (Å²) in [5.74, 6) is -1.72. The first kappa shape index (κ1) is 22.4. The molecular formula is C28H23FN2O4. The van der Waals surface area contributed by atoms with Crippen LogP contribution in [0.2, 0.25) is 0 Å². The Morgan fingerprint density at radius 3 is 2.60 bits per heavy atom. The molecule has 1 atom stereocenters. The molecule has 4 aromatic rings. The summed E-state index contributed by atoms with van der Waals surface area (Å²) in [6.45, 7) is 0.258. The van der Waals surface area contributed by atoms with E-state index in [9.17, 15) is 19.1 Å². The number of methoxy groups -OCH3 is 1. The largest absolute Gasteiger partial charge is 0.507 e. The van der Waals surface area contributed by atoms with Gasteiger partial charge in [0.1, 0.15) is 17.3 Å². The monoisotopic (exact) mass is 470 g/mol. The van der Waals surface area contributed by atoms with Gasteiger partial charge in [0.25, 0.3) is 11.7 Å². The van der Waals surface area contributed by atoms with Crippen molar-refractivity contribution in [1.29, 1.82) is 0 Å². The SMILES string of the molecule is COc1cccc(C2/C(=C(/O)c3ccc(F)cc3)C(=O)C(=O)N2CCc2c[nH]c3ccccc23)c1. The molecule has 1 aliphatic rings. The van der Waals surface area contributed by atoms with Gasteiger partial charge in [-0.1, -0.05) is 30.3 Å². The van der Waals surface area contributed by atoms with Gasteiger partial charge in [-0.05, 0) is 60.0 Å². The van der Waals surface area contributed by atoms with Gasteiger partial charge in [0.15, 0.2) is 0 Å².